The Labute approximate surface area is 180 Å². The highest BCUT2D eigenvalue weighted by Crippen LogP contribution is 2.15. The monoisotopic (exact) mass is 419 g/mol. The summed E-state index contributed by atoms with van der Waals surface area (Å²) in [5, 5.41) is 8.71. The Morgan fingerprint density at radius 2 is 1.87 bits per heavy atom. The zero-order chi connectivity index (χ0) is 21.5. The molecule has 160 valence electrons. The van der Waals surface area contributed by atoms with Gasteiger partial charge in [0.25, 0.3) is 5.91 Å². The molecule has 1 fully saturated rings. The molecule has 0 radical (unpaired) electrons. The lowest BCUT2D eigenvalue weighted by molar-refractivity contribution is 0.0705. The van der Waals surface area contributed by atoms with Crippen LogP contribution in [-0.4, -0.2) is 67.8 Å². The first kappa shape index (κ1) is 20.7. The van der Waals surface area contributed by atoms with Crippen molar-refractivity contribution in [3.8, 4) is 0 Å². The van der Waals surface area contributed by atoms with Crippen molar-refractivity contribution >= 4 is 17.9 Å². The number of benzene rings is 1. The van der Waals surface area contributed by atoms with Crippen molar-refractivity contribution in [2.45, 2.75) is 12.6 Å². The van der Waals surface area contributed by atoms with E-state index in [0.29, 0.717) is 5.95 Å². The van der Waals surface area contributed by atoms with Gasteiger partial charge in [-0.25, -0.2) is 20.4 Å². The van der Waals surface area contributed by atoms with Crippen molar-refractivity contribution in [3.05, 3.63) is 78.6 Å². The van der Waals surface area contributed by atoms with Crippen LogP contribution in [-0.2, 0) is 6.54 Å². The van der Waals surface area contributed by atoms with E-state index in [-0.39, 0.29) is 11.6 Å². The summed E-state index contributed by atoms with van der Waals surface area (Å²) in [5.74, 6) is -0.0379. The first-order valence-electron chi connectivity index (χ1n) is 10.2. The molecule has 0 aliphatic carbocycles. The molecular formula is C22H25N7O2. The average molecular weight is 419 g/mol. The van der Waals surface area contributed by atoms with E-state index in [2.05, 4.69) is 53.6 Å². The maximum atomic E-state index is 11.4. The highest BCUT2D eigenvalue weighted by atomic mass is 16.5. The Hall–Kier alpha value is -3.56. The van der Waals surface area contributed by atoms with Crippen molar-refractivity contribution in [1.82, 2.24) is 29.9 Å². The number of hydroxylamine groups is 1. The van der Waals surface area contributed by atoms with E-state index in [1.165, 1.54) is 18.0 Å². The van der Waals surface area contributed by atoms with Crippen molar-refractivity contribution in [2.75, 3.05) is 31.1 Å². The van der Waals surface area contributed by atoms with Crippen molar-refractivity contribution in [3.63, 3.8) is 0 Å². The summed E-state index contributed by atoms with van der Waals surface area (Å²) in [7, 11) is 0. The van der Waals surface area contributed by atoms with Gasteiger partial charge in [-0.2, -0.15) is 0 Å². The van der Waals surface area contributed by atoms with Crippen LogP contribution in [0.4, 0.5) is 5.95 Å². The minimum atomic E-state index is -0.621. The number of aromatic nitrogens is 4. The Morgan fingerprint density at radius 3 is 2.52 bits per heavy atom. The first-order valence-corrected chi connectivity index (χ1v) is 10.2. The summed E-state index contributed by atoms with van der Waals surface area (Å²) in [6.07, 6.45) is 12.9. The van der Waals surface area contributed by atoms with Gasteiger partial charge in [-0.1, -0.05) is 42.5 Å². The third-order valence-electron chi connectivity index (χ3n) is 5.34. The van der Waals surface area contributed by atoms with Gasteiger partial charge in [-0.15, -0.1) is 0 Å². The highest BCUT2D eigenvalue weighted by molar-refractivity contribution is 5.92. The van der Waals surface area contributed by atoms with Crippen molar-refractivity contribution in [2.24, 2.45) is 0 Å². The second kappa shape index (κ2) is 9.96. The van der Waals surface area contributed by atoms with Crippen LogP contribution in [0, 0.1) is 0 Å². The molecule has 0 saturated carbocycles. The number of piperazine rings is 1. The van der Waals surface area contributed by atoms with Gasteiger partial charge in [-0.05, 0) is 5.56 Å². The van der Waals surface area contributed by atoms with Gasteiger partial charge in [0.05, 0.1) is 11.9 Å². The molecule has 1 aromatic carbocycles. The molecule has 1 aliphatic rings. The third-order valence-corrected chi connectivity index (χ3v) is 5.34. The topological polar surface area (TPSA) is 99.4 Å². The summed E-state index contributed by atoms with van der Waals surface area (Å²) in [6, 6.07) is 10.5. The zero-order valence-corrected chi connectivity index (χ0v) is 17.1. The van der Waals surface area contributed by atoms with E-state index in [4.69, 9.17) is 5.21 Å². The number of anilines is 1. The predicted molar refractivity (Wildman–Crippen MR) is 117 cm³/mol. The third kappa shape index (κ3) is 5.33. The Bertz CT molecular complexity index is 982. The number of hydrogen-bond donors (Lipinski definition) is 2. The molecule has 1 atom stereocenters. The standard InChI is InChI=1S/C22H25N7O2/c30-21(26-31)19-14-24-22(25-15-19)29-12-10-28(11-13-29)20(16-27-9-8-23-17-27)7-6-18-4-2-1-3-5-18/h1-9,14-15,17,20,31H,10-13,16H2,(H,26,30)/b7-6+. The van der Waals surface area contributed by atoms with Gasteiger partial charge in [0.1, 0.15) is 0 Å². The van der Waals surface area contributed by atoms with Crippen LogP contribution in [0.15, 0.2) is 67.5 Å². The van der Waals surface area contributed by atoms with E-state index in [1.807, 2.05) is 30.7 Å². The van der Waals surface area contributed by atoms with E-state index >= 15 is 0 Å². The first-order chi connectivity index (χ1) is 15.2. The number of carbonyl (C=O) groups excluding carboxylic acids is 1. The minimum Gasteiger partial charge on any atom is -0.338 e. The molecule has 31 heavy (non-hydrogen) atoms. The van der Waals surface area contributed by atoms with Crippen LogP contribution in [0.2, 0.25) is 0 Å². The number of imidazole rings is 1. The molecule has 9 nitrogen and oxygen atoms in total. The van der Waals surface area contributed by atoms with E-state index in [1.54, 1.807) is 11.7 Å². The van der Waals surface area contributed by atoms with Gasteiger partial charge in [-0.3, -0.25) is 14.9 Å². The average Bonchev–Trinajstić information content (AvgIpc) is 3.35. The molecule has 3 heterocycles. The smallest absolute Gasteiger partial charge is 0.277 e. The van der Waals surface area contributed by atoms with Gasteiger partial charge in [0, 0.05) is 63.6 Å². The largest absolute Gasteiger partial charge is 0.338 e. The molecule has 1 unspecified atom stereocenters. The summed E-state index contributed by atoms with van der Waals surface area (Å²) in [4.78, 5) is 28.7. The van der Waals surface area contributed by atoms with Gasteiger partial charge < -0.3 is 9.47 Å². The fourth-order valence-electron chi connectivity index (χ4n) is 3.61. The van der Waals surface area contributed by atoms with Gasteiger partial charge in [0.15, 0.2) is 0 Å². The molecule has 9 heteroatoms. The normalized spacial score (nSPS) is 15.8. The lowest BCUT2D eigenvalue weighted by Gasteiger charge is -2.38. The number of rotatable bonds is 7. The summed E-state index contributed by atoms with van der Waals surface area (Å²) >= 11 is 0. The quantitative estimate of drug-likeness (QED) is 0.444. The highest BCUT2D eigenvalue weighted by Gasteiger charge is 2.24. The lowest BCUT2D eigenvalue weighted by atomic mass is 10.1. The SMILES string of the molecule is O=C(NO)c1cnc(N2CCN(C(/C=C/c3ccccc3)Cn3ccnc3)CC2)nc1. The Morgan fingerprint density at radius 1 is 1.13 bits per heavy atom. The number of amides is 1. The van der Waals surface area contributed by atoms with Gasteiger partial charge in [0.2, 0.25) is 5.95 Å². The number of carbonyl (C=O) groups is 1. The molecule has 1 saturated heterocycles. The van der Waals surface area contributed by atoms with Crippen LogP contribution >= 0.6 is 0 Å². The molecule has 0 spiro atoms. The predicted octanol–water partition coefficient (Wildman–Crippen LogP) is 1.70. The van der Waals surface area contributed by atoms with Crippen LogP contribution in [0.5, 0.6) is 0 Å². The minimum absolute atomic E-state index is 0.219. The summed E-state index contributed by atoms with van der Waals surface area (Å²) in [5.41, 5.74) is 2.98. The molecule has 0 bridgehead atoms. The molecule has 3 aromatic rings. The maximum absolute atomic E-state index is 11.4. The van der Waals surface area contributed by atoms with E-state index < -0.39 is 5.91 Å². The molecule has 4 rings (SSSR count). The Balaban J connectivity index is 1.42. The second-order valence-electron chi connectivity index (χ2n) is 7.33. The Kier molecular flexibility index (Phi) is 6.65. The number of nitrogens with zero attached hydrogens (tertiary/aromatic N) is 6. The fraction of sp³-hybridized carbons (Fsp3) is 0.273. The van der Waals surface area contributed by atoms with Crippen LogP contribution < -0.4 is 10.4 Å². The molecular weight excluding hydrogens is 394 g/mol. The van der Waals surface area contributed by atoms with E-state index in [9.17, 15) is 4.79 Å². The molecule has 2 aromatic heterocycles. The number of hydrogen-bond acceptors (Lipinski definition) is 7. The molecule has 1 aliphatic heterocycles. The molecule has 1 amide bonds. The second-order valence-corrected chi connectivity index (χ2v) is 7.33. The van der Waals surface area contributed by atoms with Crippen LogP contribution in [0.3, 0.4) is 0 Å². The summed E-state index contributed by atoms with van der Waals surface area (Å²) in [6.45, 7) is 4.11. The molecule has 2 N–H and O–H groups in total. The zero-order valence-electron chi connectivity index (χ0n) is 17.1. The van der Waals surface area contributed by atoms with Gasteiger partial charge >= 0.3 is 0 Å². The fourth-order valence-corrected chi connectivity index (χ4v) is 3.61. The van der Waals surface area contributed by atoms with Crippen LogP contribution in [0.1, 0.15) is 15.9 Å². The summed E-state index contributed by atoms with van der Waals surface area (Å²) < 4.78 is 2.10. The lowest BCUT2D eigenvalue weighted by Crippen LogP contribution is -2.51. The van der Waals surface area contributed by atoms with Crippen molar-refractivity contribution in [1.29, 1.82) is 0 Å². The van der Waals surface area contributed by atoms with Crippen LogP contribution in [0.25, 0.3) is 6.08 Å². The maximum Gasteiger partial charge on any atom is 0.277 e. The number of nitrogens with one attached hydrogen (secondary N) is 1. The van der Waals surface area contributed by atoms with E-state index in [0.717, 1.165) is 32.7 Å². The van der Waals surface area contributed by atoms with Crippen molar-refractivity contribution < 1.29 is 10.0 Å².